The lowest BCUT2D eigenvalue weighted by Crippen LogP contribution is -2.33. The Balaban J connectivity index is 2.41. The Morgan fingerprint density at radius 2 is 2.33 bits per heavy atom. The molecule has 3 atom stereocenters. The zero-order valence-electron chi connectivity index (χ0n) is 11.2. The highest BCUT2D eigenvalue weighted by atomic mass is 35.5. The van der Waals surface area contributed by atoms with Crippen molar-refractivity contribution >= 4 is 28.7 Å². The molecule has 0 aliphatic rings. The topological polar surface area (TPSA) is 139 Å². The Bertz CT molecular complexity index is 670. The molecule has 0 aliphatic carbocycles. The van der Waals surface area contributed by atoms with Crippen molar-refractivity contribution in [3.63, 3.8) is 0 Å². The summed E-state index contributed by atoms with van der Waals surface area (Å²) < 4.78 is 6.97. The van der Waals surface area contributed by atoms with Gasteiger partial charge in [0.05, 0.1) is 24.9 Å². The average Bonchev–Trinajstić information content (AvgIpc) is 2.83. The summed E-state index contributed by atoms with van der Waals surface area (Å²) in [6.07, 6.45) is -1.14. The number of fused-ring (bicyclic) bond motifs is 1. The largest absolute Gasteiger partial charge is 0.394 e. The number of hydrogen-bond donors (Lipinski definition) is 4. The van der Waals surface area contributed by atoms with Crippen LogP contribution >= 0.6 is 11.6 Å². The zero-order valence-corrected chi connectivity index (χ0v) is 12.0. The van der Waals surface area contributed by atoms with Crippen LogP contribution in [0.1, 0.15) is 13.2 Å². The van der Waals surface area contributed by atoms with Gasteiger partial charge in [0.1, 0.15) is 6.10 Å². The number of nitrogens with zero attached hydrogens (tertiary/aromatic N) is 3. The van der Waals surface area contributed by atoms with E-state index in [1.807, 2.05) is 0 Å². The molecule has 0 unspecified atom stereocenters. The number of aromatic nitrogens is 4. The fourth-order valence-electron chi connectivity index (χ4n) is 1.84. The summed E-state index contributed by atoms with van der Waals surface area (Å²) in [6.45, 7) is 1.10. The lowest BCUT2D eigenvalue weighted by molar-refractivity contribution is -0.109. The summed E-state index contributed by atoms with van der Waals surface area (Å²) in [7, 11) is 0. The van der Waals surface area contributed by atoms with Crippen LogP contribution in [0.4, 0.5) is 5.95 Å². The van der Waals surface area contributed by atoms with Crippen LogP contribution in [0.3, 0.4) is 0 Å². The van der Waals surface area contributed by atoms with E-state index in [1.165, 1.54) is 17.8 Å². The number of H-pyrrole nitrogens is 1. The van der Waals surface area contributed by atoms with Gasteiger partial charge in [-0.05, 0) is 6.92 Å². The van der Waals surface area contributed by atoms with Crippen LogP contribution in [0, 0.1) is 0 Å². The highest BCUT2D eigenvalue weighted by molar-refractivity contribution is 6.18. The predicted molar refractivity (Wildman–Crippen MR) is 76.0 cm³/mol. The molecule has 21 heavy (non-hydrogen) atoms. The Kier molecular flexibility index (Phi) is 4.78. The molecule has 10 heteroatoms. The van der Waals surface area contributed by atoms with Crippen molar-refractivity contribution in [2.24, 2.45) is 0 Å². The van der Waals surface area contributed by atoms with E-state index in [2.05, 4.69) is 15.0 Å². The van der Waals surface area contributed by atoms with E-state index in [4.69, 9.17) is 22.1 Å². The summed E-state index contributed by atoms with van der Waals surface area (Å²) in [5.74, 6) is -0.0555. The second kappa shape index (κ2) is 6.39. The number of ether oxygens (including phenoxy) is 1. The molecule has 2 heterocycles. The second-order valence-electron chi connectivity index (χ2n) is 4.48. The highest BCUT2D eigenvalue weighted by Gasteiger charge is 2.23. The van der Waals surface area contributed by atoms with E-state index in [9.17, 15) is 15.0 Å². The quantitative estimate of drug-likeness (QED) is 0.511. The monoisotopic (exact) mass is 317 g/mol. The first-order chi connectivity index (χ1) is 9.97. The third-order valence-electron chi connectivity index (χ3n) is 2.94. The van der Waals surface area contributed by atoms with Gasteiger partial charge in [0.25, 0.3) is 5.56 Å². The molecule has 0 saturated heterocycles. The lowest BCUT2D eigenvalue weighted by Gasteiger charge is -2.25. The normalized spacial score (nSPS) is 16.0. The summed E-state index contributed by atoms with van der Waals surface area (Å²) in [5, 5.41) is 18.7. The van der Waals surface area contributed by atoms with E-state index < -0.39 is 24.0 Å². The molecule has 0 bridgehead atoms. The van der Waals surface area contributed by atoms with Gasteiger partial charge in [-0.1, -0.05) is 0 Å². The van der Waals surface area contributed by atoms with Gasteiger partial charge in [0.2, 0.25) is 5.95 Å². The zero-order chi connectivity index (χ0) is 15.6. The van der Waals surface area contributed by atoms with Crippen molar-refractivity contribution in [3.8, 4) is 0 Å². The summed E-state index contributed by atoms with van der Waals surface area (Å²) in [4.78, 5) is 22.0. The van der Waals surface area contributed by atoms with Gasteiger partial charge in [0.15, 0.2) is 17.4 Å². The lowest BCUT2D eigenvalue weighted by atomic mass is 10.2. The number of imidazole rings is 1. The number of aliphatic hydroxyl groups excluding tert-OH is 2. The fraction of sp³-hybridized carbons (Fsp3) is 0.545. The van der Waals surface area contributed by atoms with Crippen LogP contribution in [0.15, 0.2) is 11.1 Å². The summed E-state index contributed by atoms with van der Waals surface area (Å²) in [5.41, 5.74) is 5.35. The minimum absolute atomic E-state index is 0.00304. The van der Waals surface area contributed by atoms with Crippen LogP contribution < -0.4 is 11.3 Å². The number of aromatic amines is 1. The van der Waals surface area contributed by atoms with Crippen LogP contribution in [-0.2, 0) is 4.74 Å². The number of nitrogens with one attached hydrogen (secondary N) is 1. The molecule has 0 spiro atoms. The SMILES string of the molecule is C[C@H](O)[C@@H](CO)O[C@H](CCl)n1cnc2c(=O)[nH]c(N)nc21. The van der Waals surface area contributed by atoms with Gasteiger partial charge in [-0.2, -0.15) is 4.98 Å². The molecule has 0 aliphatic heterocycles. The van der Waals surface area contributed by atoms with E-state index in [0.29, 0.717) is 0 Å². The predicted octanol–water partition coefficient (Wildman–Crippen LogP) is -0.803. The molecule has 2 aromatic rings. The van der Waals surface area contributed by atoms with Crippen molar-refractivity contribution in [2.75, 3.05) is 18.2 Å². The van der Waals surface area contributed by atoms with E-state index in [-0.39, 0.29) is 29.6 Å². The Morgan fingerprint density at radius 1 is 1.62 bits per heavy atom. The molecule has 116 valence electrons. The van der Waals surface area contributed by atoms with Crippen LogP contribution in [0.25, 0.3) is 11.2 Å². The number of halogens is 1. The number of nitrogens with two attached hydrogens (primary N) is 1. The van der Waals surface area contributed by atoms with Gasteiger partial charge in [-0.15, -0.1) is 11.6 Å². The van der Waals surface area contributed by atoms with Crippen LogP contribution in [-0.4, -0.2) is 54.4 Å². The van der Waals surface area contributed by atoms with E-state index in [0.717, 1.165) is 0 Å². The Labute approximate surface area is 124 Å². The molecule has 0 radical (unpaired) electrons. The van der Waals surface area contributed by atoms with E-state index >= 15 is 0 Å². The molecule has 2 rings (SSSR count). The molecule has 0 aromatic carbocycles. The van der Waals surface area contributed by atoms with Crippen molar-refractivity contribution in [2.45, 2.75) is 25.4 Å². The first-order valence-corrected chi connectivity index (χ1v) is 6.74. The maximum Gasteiger partial charge on any atom is 0.280 e. The molecule has 2 aromatic heterocycles. The van der Waals surface area contributed by atoms with Crippen LogP contribution in [0.2, 0.25) is 0 Å². The fourth-order valence-corrected chi connectivity index (χ4v) is 2.06. The standard InChI is InChI=1S/C11H16ClN5O4/c1-5(19)6(3-18)21-7(2-12)17-4-14-8-9(17)15-11(13)16-10(8)20/h4-7,18-19H,2-3H2,1H3,(H3,13,15,16,20)/t5-,6+,7+/m0/s1. The highest BCUT2D eigenvalue weighted by Crippen LogP contribution is 2.19. The van der Waals surface area contributed by atoms with Crippen molar-refractivity contribution in [3.05, 3.63) is 16.7 Å². The van der Waals surface area contributed by atoms with Gasteiger partial charge < -0.3 is 20.7 Å². The number of anilines is 1. The minimum Gasteiger partial charge on any atom is -0.394 e. The van der Waals surface area contributed by atoms with Crippen LogP contribution in [0.5, 0.6) is 0 Å². The van der Waals surface area contributed by atoms with E-state index in [1.54, 1.807) is 0 Å². The molecule has 0 saturated carbocycles. The molecular weight excluding hydrogens is 302 g/mol. The molecular formula is C11H16ClN5O4. The second-order valence-corrected chi connectivity index (χ2v) is 4.79. The van der Waals surface area contributed by atoms with Gasteiger partial charge in [-0.25, -0.2) is 4.98 Å². The molecule has 0 fully saturated rings. The third kappa shape index (κ3) is 3.16. The first kappa shape index (κ1) is 15.7. The average molecular weight is 318 g/mol. The number of alkyl halides is 1. The van der Waals surface area contributed by atoms with Crippen molar-refractivity contribution in [1.29, 1.82) is 0 Å². The minimum atomic E-state index is -0.892. The maximum absolute atomic E-state index is 11.7. The van der Waals surface area contributed by atoms with Crippen molar-refractivity contribution in [1.82, 2.24) is 19.5 Å². The molecule has 0 amide bonds. The van der Waals surface area contributed by atoms with Gasteiger partial charge in [-0.3, -0.25) is 14.3 Å². The number of nitrogen functional groups attached to an aromatic ring is 1. The smallest absolute Gasteiger partial charge is 0.280 e. The number of hydrogen-bond acceptors (Lipinski definition) is 7. The molecule has 9 nitrogen and oxygen atoms in total. The maximum atomic E-state index is 11.7. The summed E-state index contributed by atoms with van der Waals surface area (Å²) >= 11 is 5.86. The van der Waals surface area contributed by atoms with Gasteiger partial charge in [0, 0.05) is 0 Å². The molecule has 5 N–H and O–H groups in total. The number of aliphatic hydroxyl groups is 2. The summed E-state index contributed by atoms with van der Waals surface area (Å²) in [6, 6.07) is 0. The Hall–Kier alpha value is -1.68. The first-order valence-electron chi connectivity index (χ1n) is 6.20. The third-order valence-corrected chi connectivity index (χ3v) is 3.21. The van der Waals surface area contributed by atoms with Crippen molar-refractivity contribution < 1.29 is 14.9 Å². The van der Waals surface area contributed by atoms with Gasteiger partial charge >= 0.3 is 0 Å². The number of rotatable bonds is 6. The Morgan fingerprint density at radius 3 is 2.90 bits per heavy atom.